The molecule has 133 heavy (non-hydrogen) atoms. The summed E-state index contributed by atoms with van der Waals surface area (Å²) in [6.45, 7) is 26.0. The number of hydrogen-bond acceptors (Lipinski definition) is 22. The number of hydrazine groups is 1. The maximum absolute atomic E-state index is 14.2. The number of rotatable bonds is 40. The second-order valence-corrected chi connectivity index (χ2v) is 37.0. The molecule has 29 heteroatoms. The van der Waals surface area contributed by atoms with Gasteiger partial charge in [-0.15, -0.1) is 0 Å². The summed E-state index contributed by atoms with van der Waals surface area (Å²) in [5.41, 5.74) is 17.5. The summed E-state index contributed by atoms with van der Waals surface area (Å²) in [6, 6.07) is 47.7. The maximum atomic E-state index is 14.2. The van der Waals surface area contributed by atoms with Crippen molar-refractivity contribution >= 4 is 90.6 Å². The highest BCUT2D eigenvalue weighted by molar-refractivity contribution is 5.91. The number of nitrogens with zero attached hydrogens (tertiary/aromatic N) is 8. The highest BCUT2D eigenvalue weighted by atomic mass is 19.4. The number of benzene rings is 4. The first-order chi connectivity index (χ1) is 63.3. The summed E-state index contributed by atoms with van der Waals surface area (Å²) in [6.07, 6.45) is 6.77. The van der Waals surface area contributed by atoms with E-state index in [2.05, 4.69) is 77.3 Å². The van der Waals surface area contributed by atoms with Crippen LogP contribution < -0.4 is 22.6 Å². The molecule has 3 aliphatic heterocycles. The lowest BCUT2D eigenvalue weighted by atomic mass is 9.82. The van der Waals surface area contributed by atoms with Crippen LogP contribution in [0.15, 0.2) is 146 Å². The molecule has 732 valence electrons. The number of carbonyl (C=O) groups excluding carboxylic acids is 7. The van der Waals surface area contributed by atoms with Gasteiger partial charge < -0.3 is 60.6 Å². The van der Waals surface area contributed by atoms with Crippen LogP contribution >= 0.6 is 0 Å². The molecule has 11 rings (SSSR count). The number of likely N-dealkylation sites (N-methyl/N-ethyl adjacent to an activating group) is 2. The molecule has 3 aliphatic rings. The molecule has 14 atom stereocenters. The molecule has 3 amide bonds. The van der Waals surface area contributed by atoms with Crippen LogP contribution in [0.4, 0.5) is 18.0 Å². The van der Waals surface area contributed by atoms with Crippen molar-refractivity contribution < 1.29 is 80.7 Å². The lowest BCUT2D eigenvalue weighted by Gasteiger charge is -2.41. The van der Waals surface area contributed by atoms with E-state index in [0.717, 1.165) is 132 Å². The fourth-order valence-corrected chi connectivity index (χ4v) is 18.3. The minimum Gasteiger partial charge on any atom is -0.475 e. The number of hydrogen-bond donors (Lipinski definition) is 6. The van der Waals surface area contributed by atoms with E-state index in [0.29, 0.717) is 70.0 Å². The van der Waals surface area contributed by atoms with Crippen LogP contribution in [0, 0.1) is 47.3 Å². The molecule has 0 aliphatic carbocycles. The average molecular weight is 1850 g/mol. The number of likely N-dealkylation sites (tertiary alicyclic amines) is 2. The topological polar surface area (TPSA) is 369 Å². The molecule has 0 spiro atoms. The number of pyridine rings is 4. The van der Waals surface area contributed by atoms with E-state index in [1.54, 1.807) is 45.2 Å². The lowest BCUT2D eigenvalue weighted by molar-refractivity contribution is -0.192. The number of aryl methyl sites for hydroxylation is 3. The number of ketones is 4. The number of para-hydroxylation sites is 4. The van der Waals surface area contributed by atoms with Gasteiger partial charge in [0.25, 0.3) is 0 Å². The Morgan fingerprint density at radius 2 is 0.940 bits per heavy atom. The Morgan fingerprint density at radius 3 is 1.30 bits per heavy atom. The van der Waals surface area contributed by atoms with Crippen molar-refractivity contribution in [3.8, 4) is 0 Å². The first-order valence-corrected chi connectivity index (χ1v) is 47.3. The predicted molar refractivity (Wildman–Crippen MR) is 519 cm³/mol. The maximum Gasteiger partial charge on any atom is 0.490 e. The molecule has 0 radical (unpaired) electrons. The second kappa shape index (κ2) is 56.0. The second-order valence-electron chi connectivity index (χ2n) is 37.0. The van der Waals surface area contributed by atoms with Gasteiger partial charge >= 0.3 is 18.2 Å². The Kier molecular flexibility index (Phi) is 47.2. The number of nitrogens with one attached hydrogen (secondary N) is 1. The van der Waals surface area contributed by atoms with Gasteiger partial charge in [-0.05, 0) is 184 Å². The number of carboxylic acids is 1. The van der Waals surface area contributed by atoms with Crippen LogP contribution in [0.1, 0.15) is 202 Å². The van der Waals surface area contributed by atoms with E-state index < -0.39 is 47.8 Å². The Balaban J connectivity index is 0.000000289. The summed E-state index contributed by atoms with van der Waals surface area (Å²) in [5, 5.41) is 27.2. The minimum absolute atomic E-state index is 0.000758. The van der Waals surface area contributed by atoms with Crippen molar-refractivity contribution in [3.05, 3.63) is 168 Å². The number of aliphatic hydroxyl groups is 1. The molecule has 4 aromatic heterocycles. The number of amides is 3. The lowest BCUT2D eigenvalue weighted by Crippen LogP contribution is -2.54. The summed E-state index contributed by atoms with van der Waals surface area (Å²) < 4.78 is 54.7. The first kappa shape index (κ1) is 112. The number of nitrogens with two attached hydrogens (primary N) is 3. The fourth-order valence-electron chi connectivity index (χ4n) is 18.3. The van der Waals surface area contributed by atoms with Gasteiger partial charge in [-0.3, -0.25) is 54.5 Å². The van der Waals surface area contributed by atoms with Gasteiger partial charge in [0.1, 0.15) is 23.0 Å². The monoisotopic (exact) mass is 1850 g/mol. The summed E-state index contributed by atoms with van der Waals surface area (Å²) >= 11 is 0. The van der Waals surface area contributed by atoms with Crippen molar-refractivity contribution in [2.24, 2.45) is 64.7 Å². The Labute approximate surface area is 785 Å². The third kappa shape index (κ3) is 34.3. The smallest absolute Gasteiger partial charge is 0.475 e. The van der Waals surface area contributed by atoms with Crippen molar-refractivity contribution in [3.63, 3.8) is 0 Å². The first-order valence-electron chi connectivity index (χ1n) is 47.3. The number of Topliss-reactive ketones (excluding diaryl/α,β-unsaturated/α-hetero) is 4. The van der Waals surface area contributed by atoms with E-state index in [9.17, 15) is 51.8 Å². The van der Waals surface area contributed by atoms with Gasteiger partial charge in [0, 0.05) is 173 Å². The summed E-state index contributed by atoms with van der Waals surface area (Å²) in [4.78, 5) is 126. The summed E-state index contributed by atoms with van der Waals surface area (Å²) in [5.74, 6) is 1.67. The van der Waals surface area contributed by atoms with Gasteiger partial charge in [-0.2, -0.15) is 13.2 Å². The Morgan fingerprint density at radius 1 is 0.534 bits per heavy atom. The molecule has 0 bridgehead atoms. The number of aliphatic carboxylic acids is 1. The van der Waals surface area contributed by atoms with Crippen LogP contribution in [-0.4, -0.2) is 232 Å². The molecule has 7 heterocycles. The number of ether oxygens (including phenoxy) is 4. The van der Waals surface area contributed by atoms with Crippen LogP contribution in [-0.2, 0) is 78.2 Å². The molecule has 8 aromatic rings. The SMILES string of the molecule is CC[C@H](C)C([C@@H](CC(=O)N1CCC[C@H]1[C@H](CO)[C@@H](C)C(=O)CCCc1ccc2ccccc2n1)OC)N(C)C(=O)[C@@H](CC(=O)[C@H](C(C)C)N(C)N)C(C)C.CN.CO[C@@H]([C@@H]1CCCN1)[C@@H](C)C(=O)CCCc1ccc2ccccc2n1.CO[C@H]([C@@H](C)C(=O)CCCc1ccc2ccccc2n1)[C@@H]1CCCN1C(=O)OC(C)(C)C.NCCc1ccc2ccccc2n1.O=C(O)C(F)(F)F. The average Bonchev–Trinajstić information content (AvgIpc) is 1.80. The molecule has 26 nitrogen and oxygen atoms in total. The largest absolute Gasteiger partial charge is 0.490 e. The number of carboxylic acid groups (broad SMARTS) is 1. The van der Waals surface area contributed by atoms with E-state index in [1.165, 1.54) is 23.9 Å². The number of aromatic nitrogens is 4. The van der Waals surface area contributed by atoms with Crippen molar-refractivity contribution in [2.75, 3.05) is 75.3 Å². The van der Waals surface area contributed by atoms with E-state index in [1.807, 2.05) is 177 Å². The molecule has 1 unspecified atom stereocenters. The number of alkyl halides is 3. The normalized spacial score (nSPS) is 17.5. The standard InChI is InChI=1S/C43H69N5O6.C26H36N2O4.C21H28N2O2.C11H12N2.C2HF3O2.CH5N/c1-11-29(6)42(46(8)43(53)33(27(2)3)24-38(51)41(28(4)5)47(9)44)39(54-10)25-40(52)48-23-15-19-36(48)34(26-49)30(7)37(50)20-14-17-32-22-21-31-16-12-13-18-35(31)45-32;1-18(24(31-5)22-13-9-17-28(22)25(30)32-26(2,3)4)23(29)14-8-11-20-16-15-19-10-6-7-12-21(19)27-20;1-15(21(25-2)19-10-6-14-22-19)20(24)11-5-8-17-13-12-16-7-3-4-9-18(16)23-17;12-8-7-10-6-5-9-3-1-2-4-11(9)13-10;3-2(4,5)1(6)7;1-2/h12-13,16,18,21-22,27-30,33-34,36,39,41-42,49H,11,14-15,17,19-20,23-26,44H2,1-10H3;6-7,10,12,15-16,18,22,24H,8-9,11,13-14,17H2,1-5H3;3-4,7,9,12-13,15,19,21-22H,5-6,8,10-11,14H2,1-2H3;1-6H,7-8,12H2;(H,6,7);2H2,1H3/t29-,30+,33-,34+,36-,39+,41-,42?;18-,22-,24+;15-,19-,21+;;;/m000.../s1. The fraction of sp³-hybridized carbons (Fsp3) is 0.577. The predicted octanol–water partition coefficient (Wildman–Crippen LogP) is 16.4. The molecule has 4 aromatic carbocycles. The Bertz CT molecular complexity index is 4940. The van der Waals surface area contributed by atoms with E-state index in [-0.39, 0.29) is 115 Å². The van der Waals surface area contributed by atoms with Crippen molar-refractivity contribution in [1.82, 2.24) is 45.0 Å². The molecular weight excluding hydrogens is 1700 g/mol. The van der Waals surface area contributed by atoms with Gasteiger partial charge in [-0.25, -0.2) is 14.6 Å². The number of methoxy groups -OCH3 is 3. The highest BCUT2D eigenvalue weighted by Crippen LogP contribution is 2.36. The minimum atomic E-state index is -5.08. The van der Waals surface area contributed by atoms with Crippen LogP contribution in [0.3, 0.4) is 0 Å². The number of fused-ring (bicyclic) bond motifs is 4. The zero-order valence-corrected chi connectivity index (χ0v) is 81.8. The molecule has 3 fully saturated rings. The van der Waals surface area contributed by atoms with Crippen LogP contribution in [0.2, 0.25) is 0 Å². The molecule has 3 saturated heterocycles. The van der Waals surface area contributed by atoms with Gasteiger partial charge in [0.15, 0.2) is 5.78 Å². The molecule has 0 saturated carbocycles. The Hall–Kier alpha value is -9.69. The van der Waals surface area contributed by atoms with Crippen molar-refractivity contribution in [2.45, 2.75) is 265 Å². The number of carbonyl (C=O) groups is 8. The zero-order valence-electron chi connectivity index (χ0n) is 81.8. The van der Waals surface area contributed by atoms with E-state index in [4.69, 9.17) is 50.4 Å². The third-order valence-corrected chi connectivity index (χ3v) is 25.7. The van der Waals surface area contributed by atoms with Gasteiger partial charge in [-0.1, -0.05) is 166 Å². The van der Waals surface area contributed by atoms with E-state index >= 15 is 0 Å². The summed E-state index contributed by atoms with van der Waals surface area (Å²) in [7, 11) is 9.85. The van der Waals surface area contributed by atoms with Crippen LogP contribution in [0.5, 0.6) is 0 Å². The third-order valence-electron chi connectivity index (χ3n) is 25.7. The zero-order chi connectivity index (χ0) is 98.4. The quantitative estimate of drug-likeness (QED) is 0.0153. The number of halogens is 3. The number of aliphatic hydroxyl groups excluding tert-OH is 1. The van der Waals surface area contributed by atoms with Gasteiger partial charge in [0.2, 0.25) is 11.8 Å². The molecule has 9 N–H and O–H groups in total. The van der Waals surface area contributed by atoms with Gasteiger partial charge in [0.05, 0.1) is 64.9 Å². The van der Waals surface area contributed by atoms with Crippen molar-refractivity contribution in [1.29, 1.82) is 0 Å². The van der Waals surface area contributed by atoms with Crippen LogP contribution in [0.25, 0.3) is 43.6 Å². The highest BCUT2D eigenvalue weighted by Gasteiger charge is 2.45. The molecular formula is C104H151F3N12O14.